The van der Waals surface area contributed by atoms with Crippen molar-refractivity contribution in [3.05, 3.63) is 36.0 Å². The van der Waals surface area contributed by atoms with E-state index in [1.165, 1.54) is 0 Å². The molecule has 1 N–H and O–H groups in total. The summed E-state index contributed by atoms with van der Waals surface area (Å²) in [6.45, 7) is 5.57. The van der Waals surface area contributed by atoms with Crippen molar-refractivity contribution in [3.63, 3.8) is 0 Å². The van der Waals surface area contributed by atoms with Crippen molar-refractivity contribution in [2.24, 2.45) is 0 Å². The number of benzene rings is 1. The van der Waals surface area contributed by atoms with E-state index in [1.54, 1.807) is 11.1 Å². The van der Waals surface area contributed by atoms with Gasteiger partial charge in [0.1, 0.15) is 17.1 Å². The van der Waals surface area contributed by atoms with Crippen LogP contribution in [0.4, 0.5) is 17.5 Å². The molecular weight excluding hydrogens is 368 g/mol. The summed E-state index contributed by atoms with van der Waals surface area (Å²) in [5.74, 6) is 1.86. The lowest BCUT2D eigenvalue weighted by Crippen LogP contribution is -2.33. The van der Waals surface area contributed by atoms with Gasteiger partial charge in [-0.05, 0) is 39.6 Å². The number of likely N-dealkylation sites (N-methyl/N-ethyl adjacent to an activating group) is 1. The quantitative estimate of drug-likeness (QED) is 0.684. The van der Waals surface area contributed by atoms with Crippen LogP contribution in [0.2, 0.25) is 0 Å². The molecule has 1 aromatic heterocycles. The first kappa shape index (κ1) is 20.9. The Labute approximate surface area is 172 Å². The van der Waals surface area contributed by atoms with Gasteiger partial charge < -0.3 is 24.8 Å². The highest BCUT2D eigenvalue weighted by atomic mass is 16.5. The number of hydrogen-bond donors (Lipinski definition) is 1. The van der Waals surface area contributed by atoms with Crippen LogP contribution in [-0.2, 0) is 0 Å². The SMILES string of the molecule is CCNc1ncc2c(n1)N(C)CCN(c1cccc(OCCCN(C)C)c1)C2=O. The zero-order chi connectivity index (χ0) is 20.8. The molecule has 0 atom stereocenters. The van der Waals surface area contributed by atoms with Crippen LogP contribution < -0.4 is 19.9 Å². The van der Waals surface area contributed by atoms with Crippen molar-refractivity contribution < 1.29 is 9.53 Å². The number of carbonyl (C=O) groups is 1. The molecule has 3 rings (SSSR count). The summed E-state index contributed by atoms with van der Waals surface area (Å²) < 4.78 is 5.88. The normalized spacial score (nSPS) is 14.0. The second-order valence-electron chi connectivity index (χ2n) is 7.34. The molecule has 1 amide bonds. The second kappa shape index (κ2) is 9.56. The summed E-state index contributed by atoms with van der Waals surface area (Å²) in [7, 11) is 6.04. The van der Waals surface area contributed by atoms with Gasteiger partial charge in [0.2, 0.25) is 5.95 Å². The highest BCUT2D eigenvalue weighted by Crippen LogP contribution is 2.28. The number of amides is 1. The molecule has 0 fully saturated rings. The van der Waals surface area contributed by atoms with Crippen molar-refractivity contribution in [2.75, 3.05) is 69.0 Å². The number of carbonyl (C=O) groups excluding carboxylic acids is 1. The Morgan fingerprint density at radius 3 is 2.86 bits per heavy atom. The van der Waals surface area contributed by atoms with Gasteiger partial charge in [0.05, 0.1) is 6.61 Å². The Hall–Kier alpha value is -2.87. The number of hydrogen-bond acceptors (Lipinski definition) is 7. The number of ether oxygens (including phenoxy) is 1. The van der Waals surface area contributed by atoms with Crippen LogP contribution in [0.5, 0.6) is 5.75 Å². The van der Waals surface area contributed by atoms with Crippen molar-refractivity contribution in [3.8, 4) is 5.75 Å². The molecular formula is C21H30N6O2. The minimum atomic E-state index is -0.0999. The van der Waals surface area contributed by atoms with Crippen LogP contribution in [0.3, 0.4) is 0 Å². The summed E-state index contributed by atoms with van der Waals surface area (Å²) in [5.41, 5.74) is 1.32. The van der Waals surface area contributed by atoms with Gasteiger partial charge in [-0.2, -0.15) is 4.98 Å². The van der Waals surface area contributed by atoms with Crippen LogP contribution >= 0.6 is 0 Å². The minimum absolute atomic E-state index is 0.0999. The fraction of sp³-hybridized carbons (Fsp3) is 0.476. The number of fused-ring (bicyclic) bond motifs is 1. The average molecular weight is 399 g/mol. The number of rotatable bonds is 8. The zero-order valence-electron chi connectivity index (χ0n) is 17.7. The molecule has 0 bridgehead atoms. The van der Waals surface area contributed by atoms with Crippen LogP contribution in [0.15, 0.2) is 30.5 Å². The standard InChI is InChI=1S/C21H30N6O2/c1-5-22-21-23-15-18-19(24-21)26(4)11-12-27(20(18)28)16-8-6-9-17(14-16)29-13-7-10-25(2)3/h6,8-9,14-15H,5,7,10-13H2,1-4H3,(H,22,23,24). The lowest BCUT2D eigenvalue weighted by Gasteiger charge is -2.21. The van der Waals surface area contributed by atoms with Crippen LogP contribution in [0, 0.1) is 0 Å². The van der Waals surface area contributed by atoms with Crippen LogP contribution in [-0.4, -0.2) is 74.7 Å². The van der Waals surface area contributed by atoms with E-state index < -0.39 is 0 Å². The third kappa shape index (κ3) is 5.14. The third-order valence-corrected chi connectivity index (χ3v) is 4.75. The lowest BCUT2D eigenvalue weighted by atomic mass is 10.2. The van der Waals surface area contributed by atoms with Crippen molar-refractivity contribution in [1.29, 1.82) is 0 Å². The lowest BCUT2D eigenvalue weighted by molar-refractivity contribution is 0.0989. The molecule has 0 spiro atoms. The molecule has 2 aromatic rings. The fourth-order valence-corrected chi connectivity index (χ4v) is 3.22. The minimum Gasteiger partial charge on any atom is -0.493 e. The van der Waals surface area contributed by atoms with Gasteiger partial charge in [-0.3, -0.25) is 4.79 Å². The predicted octanol–water partition coefficient (Wildman–Crippen LogP) is 2.34. The van der Waals surface area contributed by atoms with E-state index in [0.29, 0.717) is 37.0 Å². The van der Waals surface area contributed by atoms with E-state index in [0.717, 1.165) is 30.9 Å². The van der Waals surface area contributed by atoms with Gasteiger partial charge >= 0.3 is 0 Å². The molecule has 2 heterocycles. The fourth-order valence-electron chi connectivity index (χ4n) is 3.22. The third-order valence-electron chi connectivity index (χ3n) is 4.75. The molecule has 8 heteroatoms. The second-order valence-corrected chi connectivity index (χ2v) is 7.34. The first-order valence-corrected chi connectivity index (χ1v) is 10.0. The number of aromatic nitrogens is 2. The predicted molar refractivity (Wildman–Crippen MR) is 116 cm³/mol. The van der Waals surface area contributed by atoms with Gasteiger partial charge in [0, 0.05) is 51.2 Å². The summed E-state index contributed by atoms with van der Waals surface area (Å²) in [4.78, 5) is 28.0. The van der Waals surface area contributed by atoms with E-state index >= 15 is 0 Å². The van der Waals surface area contributed by atoms with E-state index in [-0.39, 0.29) is 5.91 Å². The smallest absolute Gasteiger partial charge is 0.263 e. The summed E-state index contributed by atoms with van der Waals surface area (Å²) in [6.07, 6.45) is 2.56. The maximum atomic E-state index is 13.3. The summed E-state index contributed by atoms with van der Waals surface area (Å²) >= 11 is 0. The Bertz CT molecular complexity index is 842. The molecule has 1 aromatic carbocycles. The molecule has 0 aliphatic carbocycles. The Balaban J connectivity index is 1.79. The molecule has 8 nitrogen and oxygen atoms in total. The molecule has 0 unspecified atom stereocenters. The first-order chi connectivity index (χ1) is 14.0. The summed E-state index contributed by atoms with van der Waals surface area (Å²) in [5, 5.41) is 3.10. The van der Waals surface area contributed by atoms with Crippen LogP contribution in [0.25, 0.3) is 0 Å². The number of nitrogens with one attached hydrogen (secondary N) is 1. The molecule has 1 aliphatic rings. The molecule has 1 aliphatic heterocycles. The Morgan fingerprint density at radius 2 is 2.10 bits per heavy atom. The van der Waals surface area contributed by atoms with Gasteiger partial charge in [0.15, 0.2) is 0 Å². The maximum Gasteiger partial charge on any atom is 0.263 e. The van der Waals surface area contributed by atoms with Crippen molar-refractivity contribution >= 4 is 23.4 Å². The van der Waals surface area contributed by atoms with Crippen molar-refractivity contribution in [1.82, 2.24) is 14.9 Å². The number of nitrogens with zero attached hydrogens (tertiary/aromatic N) is 5. The molecule has 0 saturated carbocycles. The average Bonchev–Trinajstić information content (AvgIpc) is 2.83. The van der Waals surface area contributed by atoms with E-state index in [1.807, 2.05) is 57.2 Å². The van der Waals surface area contributed by atoms with E-state index in [2.05, 4.69) is 20.2 Å². The number of anilines is 3. The zero-order valence-corrected chi connectivity index (χ0v) is 17.7. The van der Waals surface area contributed by atoms with Gasteiger partial charge in [0.25, 0.3) is 5.91 Å². The molecule has 156 valence electrons. The van der Waals surface area contributed by atoms with Crippen LogP contribution in [0.1, 0.15) is 23.7 Å². The highest BCUT2D eigenvalue weighted by molar-refractivity contribution is 6.09. The van der Waals surface area contributed by atoms with E-state index in [9.17, 15) is 4.79 Å². The Morgan fingerprint density at radius 1 is 1.28 bits per heavy atom. The maximum absolute atomic E-state index is 13.3. The van der Waals surface area contributed by atoms with Gasteiger partial charge in [-0.1, -0.05) is 6.07 Å². The molecule has 0 radical (unpaired) electrons. The van der Waals surface area contributed by atoms with Gasteiger partial charge in [-0.15, -0.1) is 0 Å². The Kier molecular flexibility index (Phi) is 6.87. The topological polar surface area (TPSA) is 73.8 Å². The van der Waals surface area contributed by atoms with Gasteiger partial charge in [-0.25, -0.2) is 4.98 Å². The molecule has 0 saturated heterocycles. The largest absolute Gasteiger partial charge is 0.493 e. The first-order valence-electron chi connectivity index (χ1n) is 10.0. The summed E-state index contributed by atoms with van der Waals surface area (Å²) in [6, 6.07) is 7.70. The monoisotopic (exact) mass is 398 g/mol. The van der Waals surface area contributed by atoms with E-state index in [4.69, 9.17) is 4.74 Å². The molecule has 29 heavy (non-hydrogen) atoms. The highest BCUT2D eigenvalue weighted by Gasteiger charge is 2.28. The van der Waals surface area contributed by atoms with Crippen molar-refractivity contribution in [2.45, 2.75) is 13.3 Å².